The van der Waals surface area contributed by atoms with Gasteiger partial charge in [-0.2, -0.15) is 0 Å². The quantitative estimate of drug-likeness (QED) is 0.651. The molecule has 1 N–H and O–H groups in total. The molecule has 3 aromatic rings. The van der Waals surface area contributed by atoms with Gasteiger partial charge >= 0.3 is 0 Å². The molecule has 0 aliphatic rings. The van der Waals surface area contributed by atoms with Crippen molar-refractivity contribution in [2.45, 2.75) is 4.83 Å². The SMILES string of the molecule is O=c1[nH]c2ccccc2nc1C(Br)c1ccc(Cl)cc1Cl. The molecule has 0 spiro atoms. The topological polar surface area (TPSA) is 45.8 Å². The highest BCUT2D eigenvalue weighted by Crippen LogP contribution is 2.34. The Balaban J connectivity index is 2.15. The van der Waals surface area contributed by atoms with Crippen LogP contribution in [0.1, 0.15) is 16.1 Å². The van der Waals surface area contributed by atoms with Gasteiger partial charge in [0.1, 0.15) is 5.69 Å². The van der Waals surface area contributed by atoms with Crippen LogP contribution in [0.25, 0.3) is 11.0 Å². The molecule has 3 nitrogen and oxygen atoms in total. The van der Waals surface area contributed by atoms with Crippen molar-refractivity contribution in [1.82, 2.24) is 9.97 Å². The number of hydrogen-bond donors (Lipinski definition) is 1. The third kappa shape index (κ3) is 2.84. The predicted molar refractivity (Wildman–Crippen MR) is 89.6 cm³/mol. The lowest BCUT2D eigenvalue weighted by Crippen LogP contribution is -2.17. The van der Waals surface area contributed by atoms with Crippen molar-refractivity contribution in [3.8, 4) is 0 Å². The van der Waals surface area contributed by atoms with E-state index in [1.165, 1.54) is 0 Å². The highest BCUT2D eigenvalue weighted by Gasteiger charge is 2.19. The van der Waals surface area contributed by atoms with Gasteiger partial charge in [0.05, 0.1) is 15.9 Å². The minimum atomic E-state index is -0.407. The highest BCUT2D eigenvalue weighted by atomic mass is 79.9. The first kappa shape index (κ1) is 14.6. The van der Waals surface area contributed by atoms with E-state index in [2.05, 4.69) is 25.9 Å². The molecule has 0 saturated heterocycles. The van der Waals surface area contributed by atoms with E-state index in [1.54, 1.807) is 18.2 Å². The fourth-order valence-corrected chi connectivity index (χ4v) is 3.43. The van der Waals surface area contributed by atoms with Gasteiger partial charge in [-0.25, -0.2) is 4.98 Å². The maximum Gasteiger partial charge on any atom is 0.271 e. The van der Waals surface area contributed by atoms with Crippen LogP contribution >= 0.6 is 39.1 Å². The molecule has 1 atom stereocenters. The molecule has 1 unspecified atom stereocenters. The summed E-state index contributed by atoms with van der Waals surface area (Å²) >= 11 is 15.6. The van der Waals surface area contributed by atoms with E-state index in [9.17, 15) is 4.79 Å². The van der Waals surface area contributed by atoms with Crippen LogP contribution in [0.2, 0.25) is 10.0 Å². The van der Waals surface area contributed by atoms with Crippen molar-refractivity contribution in [2.24, 2.45) is 0 Å². The zero-order valence-corrected chi connectivity index (χ0v) is 13.7. The van der Waals surface area contributed by atoms with Crippen molar-refractivity contribution >= 4 is 50.2 Å². The molecular formula is C15H9BrCl2N2O. The molecule has 0 fully saturated rings. The Morgan fingerprint density at radius 1 is 1.14 bits per heavy atom. The molecule has 0 amide bonds. The smallest absolute Gasteiger partial charge is 0.271 e. The van der Waals surface area contributed by atoms with Crippen LogP contribution in [-0.4, -0.2) is 9.97 Å². The monoisotopic (exact) mass is 382 g/mol. The molecule has 21 heavy (non-hydrogen) atoms. The Bertz CT molecular complexity index is 879. The van der Waals surface area contributed by atoms with E-state index < -0.39 is 4.83 Å². The van der Waals surface area contributed by atoms with Gasteiger partial charge in [0, 0.05) is 10.0 Å². The fraction of sp³-hybridized carbons (Fsp3) is 0.0667. The van der Waals surface area contributed by atoms with Crippen molar-refractivity contribution < 1.29 is 0 Å². The van der Waals surface area contributed by atoms with Crippen LogP contribution < -0.4 is 5.56 Å². The Morgan fingerprint density at radius 3 is 2.67 bits per heavy atom. The minimum Gasteiger partial charge on any atom is -0.319 e. The number of para-hydroxylation sites is 2. The second kappa shape index (κ2) is 5.79. The number of aromatic nitrogens is 2. The number of halogens is 3. The zero-order valence-electron chi connectivity index (χ0n) is 10.6. The van der Waals surface area contributed by atoms with E-state index in [4.69, 9.17) is 23.2 Å². The third-order valence-corrected chi connectivity index (χ3v) is 4.59. The number of aromatic amines is 1. The molecule has 2 aromatic carbocycles. The van der Waals surface area contributed by atoms with Gasteiger partial charge in [0.15, 0.2) is 0 Å². The summed E-state index contributed by atoms with van der Waals surface area (Å²) in [6.07, 6.45) is 0. The Kier molecular flexibility index (Phi) is 4.02. The van der Waals surface area contributed by atoms with Gasteiger partial charge in [-0.3, -0.25) is 4.79 Å². The molecule has 1 heterocycles. The van der Waals surface area contributed by atoms with Gasteiger partial charge in [-0.05, 0) is 29.8 Å². The minimum absolute atomic E-state index is 0.249. The Labute approximate surface area is 139 Å². The van der Waals surface area contributed by atoms with Crippen LogP contribution in [0.4, 0.5) is 0 Å². The first-order valence-electron chi connectivity index (χ1n) is 6.14. The molecule has 0 aliphatic heterocycles. The molecule has 3 rings (SSSR count). The number of alkyl halides is 1. The van der Waals surface area contributed by atoms with E-state index in [0.29, 0.717) is 21.3 Å². The van der Waals surface area contributed by atoms with Gasteiger partial charge in [-0.15, -0.1) is 0 Å². The molecule has 6 heteroatoms. The van der Waals surface area contributed by atoms with E-state index in [0.717, 1.165) is 11.1 Å². The van der Waals surface area contributed by atoms with Crippen LogP contribution in [-0.2, 0) is 0 Å². The maximum atomic E-state index is 12.2. The van der Waals surface area contributed by atoms with Gasteiger partial charge in [-0.1, -0.05) is 57.3 Å². The van der Waals surface area contributed by atoms with Crippen LogP contribution in [0.5, 0.6) is 0 Å². The predicted octanol–water partition coefficient (Wildman–Crippen LogP) is 4.71. The molecular weight excluding hydrogens is 375 g/mol. The summed E-state index contributed by atoms with van der Waals surface area (Å²) in [6, 6.07) is 12.5. The molecule has 1 aromatic heterocycles. The van der Waals surface area contributed by atoms with Crippen LogP contribution in [0.15, 0.2) is 47.3 Å². The summed E-state index contributed by atoms with van der Waals surface area (Å²) in [5, 5.41) is 1.03. The molecule has 0 saturated carbocycles. The number of rotatable bonds is 2. The lowest BCUT2D eigenvalue weighted by atomic mass is 10.1. The number of H-pyrrole nitrogens is 1. The van der Waals surface area contributed by atoms with Crippen molar-refractivity contribution in [2.75, 3.05) is 0 Å². The van der Waals surface area contributed by atoms with Crippen molar-refractivity contribution in [3.63, 3.8) is 0 Å². The Hall–Kier alpha value is -1.36. The standard InChI is InChI=1S/C15H9BrCl2N2O/c16-13(9-6-5-8(17)7-10(9)18)14-15(21)20-12-4-2-1-3-11(12)19-14/h1-7,13H,(H,20,21). The molecule has 106 valence electrons. The number of fused-ring (bicyclic) bond motifs is 1. The summed E-state index contributed by atoms with van der Waals surface area (Å²) in [6.45, 7) is 0. The molecule has 0 bridgehead atoms. The van der Waals surface area contributed by atoms with Gasteiger partial charge < -0.3 is 4.98 Å². The lowest BCUT2D eigenvalue weighted by Gasteiger charge is -2.12. The summed E-state index contributed by atoms with van der Waals surface area (Å²) in [7, 11) is 0. The number of benzene rings is 2. The van der Waals surface area contributed by atoms with Crippen molar-refractivity contribution in [3.05, 3.63) is 74.1 Å². The second-order valence-corrected chi connectivity index (χ2v) is 6.26. The van der Waals surface area contributed by atoms with E-state index in [-0.39, 0.29) is 5.56 Å². The first-order valence-corrected chi connectivity index (χ1v) is 7.81. The highest BCUT2D eigenvalue weighted by molar-refractivity contribution is 9.09. The Morgan fingerprint density at radius 2 is 1.90 bits per heavy atom. The average molecular weight is 384 g/mol. The fourth-order valence-electron chi connectivity index (χ4n) is 2.07. The van der Waals surface area contributed by atoms with E-state index in [1.807, 2.05) is 24.3 Å². The average Bonchev–Trinajstić information content (AvgIpc) is 2.46. The summed E-state index contributed by atoms with van der Waals surface area (Å²) in [5.74, 6) is 0. The zero-order chi connectivity index (χ0) is 15.0. The summed E-state index contributed by atoms with van der Waals surface area (Å²) in [5.41, 5.74) is 2.28. The number of nitrogens with one attached hydrogen (secondary N) is 1. The summed E-state index contributed by atoms with van der Waals surface area (Å²) < 4.78 is 0. The molecule has 0 radical (unpaired) electrons. The normalized spacial score (nSPS) is 12.5. The number of hydrogen-bond acceptors (Lipinski definition) is 2. The van der Waals surface area contributed by atoms with Crippen LogP contribution in [0, 0.1) is 0 Å². The first-order chi connectivity index (χ1) is 10.1. The second-order valence-electron chi connectivity index (χ2n) is 4.50. The lowest BCUT2D eigenvalue weighted by molar-refractivity contribution is 1.02. The van der Waals surface area contributed by atoms with Gasteiger partial charge in [0.25, 0.3) is 5.56 Å². The van der Waals surface area contributed by atoms with Crippen LogP contribution in [0.3, 0.4) is 0 Å². The van der Waals surface area contributed by atoms with Crippen molar-refractivity contribution in [1.29, 1.82) is 0 Å². The number of nitrogens with zero attached hydrogens (tertiary/aromatic N) is 1. The van der Waals surface area contributed by atoms with Gasteiger partial charge in [0.2, 0.25) is 0 Å². The molecule has 0 aliphatic carbocycles. The summed E-state index contributed by atoms with van der Waals surface area (Å²) in [4.78, 5) is 19.1. The van der Waals surface area contributed by atoms with E-state index >= 15 is 0 Å². The maximum absolute atomic E-state index is 12.2. The largest absolute Gasteiger partial charge is 0.319 e. The third-order valence-electron chi connectivity index (χ3n) is 3.10.